The van der Waals surface area contributed by atoms with Crippen LogP contribution in [0.5, 0.6) is 5.75 Å². The highest BCUT2D eigenvalue weighted by Crippen LogP contribution is 2.25. The van der Waals surface area contributed by atoms with Crippen molar-refractivity contribution in [3.63, 3.8) is 0 Å². The van der Waals surface area contributed by atoms with Crippen LogP contribution in [0.25, 0.3) is 0 Å². The number of hydrogen-bond donors (Lipinski definition) is 1. The third-order valence-electron chi connectivity index (χ3n) is 5.18. The summed E-state index contributed by atoms with van der Waals surface area (Å²) in [5.41, 5.74) is 1.07. The lowest BCUT2D eigenvalue weighted by molar-refractivity contribution is 0.0947. The van der Waals surface area contributed by atoms with Crippen LogP contribution in [0.4, 0.5) is 0 Å². The molecule has 6 nitrogen and oxygen atoms in total. The van der Waals surface area contributed by atoms with Gasteiger partial charge in [0.1, 0.15) is 12.4 Å². The molecule has 0 saturated carbocycles. The van der Waals surface area contributed by atoms with Gasteiger partial charge in [-0.05, 0) is 55.7 Å². The summed E-state index contributed by atoms with van der Waals surface area (Å²) in [6.45, 7) is 3.34. The number of carbonyl (C=O) groups is 1. The molecule has 0 aromatic heterocycles. The summed E-state index contributed by atoms with van der Waals surface area (Å²) in [6, 6.07) is 9.62. The minimum Gasteiger partial charge on any atom is -0.492 e. The molecule has 0 spiro atoms. The van der Waals surface area contributed by atoms with E-state index in [0.29, 0.717) is 23.9 Å². The Kier molecular flexibility index (Phi) is 8.22. The Morgan fingerprint density at radius 3 is 2.42 bits per heavy atom. The number of carbonyl (C=O) groups excluding carboxylic acids is 1. The molecular weight excluding hydrogens is 459 g/mol. The first-order valence-corrected chi connectivity index (χ1v) is 12.5. The van der Waals surface area contributed by atoms with E-state index in [1.165, 1.54) is 22.5 Å². The summed E-state index contributed by atoms with van der Waals surface area (Å²) < 4.78 is 33.1. The van der Waals surface area contributed by atoms with Gasteiger partial charge in [0.05, 0.1) is 22.0 Å². The Morgan fingerprint density at radius 2 is 1.74 bits per heavy atom. The van der Waals surface area contributed by atoms with Gasteiger partial charge < -0.3 is 10.1 Å². The monoisotopic (exact) mass is 484 g/mol. The van der Waals surface area contributed by atoms with Gasteiger partial charge in [-0.25, -0.2) is 8.42 Å². The zero-order valence-electron chi connectivity index (χ0n) is 17.4. The molecule has 1 amide bonds. The molecule has 1 aliphatic heterocycles. The smallest absolute Gasteiger partial charge is 0.252 e. The van der Waals surface area contributed by atoms with E-state index >= 15 is 0 Å². The highest BCUT2D eigenvalue weighted by atomic mass is 35.5. The molecule has 0 radical (unpaired) electrons. The molecule has 168 valence electrons. The van der Waals surface area contributed by atoms with E-state index in [1.54, 1.807) is 12.1 Å². The van der Waals surface area contributed by atoms with E-state index in [0.717, 1.165) is 31.2 Å². The number of nitrogens with zero attached hydrogens (tertiary/aromatic N) is 1. The molecule has 0 aliphatic carbocycles. The topological polar surface area (TPSA) is 75.7 Å². The summed E-state index contributed by atoms with van der Waals surface area (Å²) in [5.74, 6) is 0.150. The van der Waals surface area contributed by atoms with Crippen LogP contribution in [0.3, 0.4) is 0 Å². The molecule has 1 fully saturated rings. The highest BCUT2D eigenvalue weighted by molar-refractivity contribution is 7.89. The second-order valence-electron chi connectivity index (χ2n) is 7.48. The summed E-state index contributed by atoms with van der Waals surface area (Å²) in [5, 5.41) is 3.51. The van der Waals surface area contributed by atoms with Gasteiger partial charge in [-0.3, -0.25) is 4.79 Å². The number of benzene rings is 2. The fourth-order valence-electron chi connectivity index (χ4n) is 3.36. The van der Waals surface area contributed by atoms with E-state index < -0.39 is 15.9 Å². The minimum atomic E-state index is -3.67. The van der Waals surface area contributed by atoms with Gasteiger partial charge >= 0.3 is 0 Å². The fourth-order valence-corrected chi connectivity index (χ4v) is 5.28. The maximum absolute atomic E-state index is 13.0. The molecule has 0 bridgehead atoms. The quantitative estimate of drug-likeness (QED) is 0.579. The lowest BCUT2D eigenvalue weighted by Crippen LogP contribution is -2.32. The number of halogens is 2. The second kappa shape index (κ2) is 10.7. The van der Waals surface area contributed by atoms with E-state index in [-0.39, 0.29) is 28.6 Å². The Labute approximate surface area is 193 Å². The lowest BCUT2D eigenvalue weighted by atomic mass is 10.2. The van der Waals surface area contributed by atoms with Gasteiger partial charge in [-0.1, -0.05) is 42.1 Å². The molecule has 31 heavy (non-hydrogen) atoms. The predicted octanol–water partition coefficient (Wildman–Crippen LogP) is 4.68. The third kappa shape index (κ3) is 6.13. The summed E-state index contributed by atoms with van der Waals surface area (Å²) in [6.07, 6.45) is 3.73. The molecule has 9 heteroatoms. The van der Waals surface area contributed by atoms with Crippen LogP contribution in [0.15, 0.2) is 41.3 Å². The van der Waals surface area contributed by atoms with Crippen molar-refractivity contribution in [3.8, 4) is 5.75 Å². The van der Waals surface area contributed by atoms with Crippen molar-refractivity contribution in [2.75, 3.05) is 26.2 Å². The van der Waals surface area contributed by atoms with Crippen molar-refractivity contribution in [1.82, 2.24) is 9.62 Å². The number of hydrogen-bond acceptors (Lipinski definition) is 4. The van der Waals surface area contributed by atoms with Crippen molar-refractivity contribution in [2.45, 2.75) is 37.5 Å². The van der Waals surface area contributed by atoms with Gasteiger partial charge in [0.15, 0.2) is 0 Å². The summed E-state index contributed by atoms with van der Waals surface area (Å²) in [4.78, 5) is 12.7. The minimum absolute atomic E-state index is 0.0782. The molecule has 1 heterocycles. The lowest BCUT2D eigenvalue weighted by Gasteiger charge is -2.20. The average Bonchev–Trinajstić information content (AvgIpc) is 3.04. The van der Waals surface area contributed by atoms with E-state index in [1.807, 2.05) is 13.0 Å². The molecule has 0 unspecified atom stereocenters. The standard InChI is InChI=1S/C22H26Cl2N2O4S/c1-16-6-7-17(14-21(16)24)30-13-10-25-22(27)19-15-18(8-9-20(19)23)31(28,29)26-11-4-2-3-5-12-26/h6-9,14-15H,2-5,10-13H2,1H3,(H,25,27). The third-order valence-corrected chi connectivity index (χ3v) is 7.82. The van der Waals surface area contributed by atoms with E-state index in [2.05, 4.69) is 5.32 Å². The summed E-state index contributed by atoms with van der Waals surface area (Å²) in [7, 11) is -3.67. The molecule has 2 aromatic rings. The van der Waals surface area contributed by atoms with Crippen LogP contribution in [-0.4, -0.2) is 44.9 Å². The Hall–Kier alpha value is -1.80. The molecule has 1 N–H and O–H groups in total. The van der Waals surface area contributed by atoms with Crippen LogP contribution in [-0.2, 0) is 10.0 Å². The predicted molar refractivity (Wildman–Crippen MR) is 123 cm³/mol. The molecule has 0 atom stereocenters. The van der Waals surface area contributed by atoms with E-state index in [4.69, 9.17) is 27.9 Å². The molecule has 1 aliphatic rings. The Bertz CT molecular complexity index is 1040. The largest absolute Gasteiger partial charge is 0.492 e. The van der Waals surface area contributed by atoms with Crippen molar-refractivity contribution in [3.05, 3.63) is 57.6 Å². The van der Waals surface area contributed by atoms with Crippen molar-refractivity contribution in [2.24, 2.45) is 0 Å². The van der Waals surface area contributed by atoms with Gasteiger partial charge in [0, 0.05) is 18.1 Å². The number of sulfonamides is 1. The Morgan fingerprint density at radius 1 is 1.03 bits per heavy atom. The van der Waals surface area contributed by atoms with E-state index in [9.17, 15) is 13.2 Å². The molecule has 2 aromatic carbocycles. The summed E-state index contributed by atoms with van der Waals surface area (Å²) >= 11 is 12.3. The molecule has 3 rings (SSSR count). The van der Waals surface area contributed by atoms with Crippen LogP contribution in [0.1, 0.15) is 41.6 Å². The number of amides is 1. The maximum atomic E-state index is 13.0. The van der Waals surface area contributed by atoms with Crippen LogP contribution >= 0.6 is 23.2 Å². The normalized spacial score (nSPS) is 15.3. The highest BCUT2D eigenvalue weighted by Gasteiger charge is 2.26. The van der Waals surface area contributed by atoms with Crippen molar-refractivity contribution < 1.29 is 17.9 Å². The SMILES string of the molecule is Cc1ccc(OCCNC(=O)c2cc(S(=O)(=O)N3CCCCCC3)ccc2Cl)cc1Cl. The number of rotatable bonds is 7. The Balaban J connectivity index is 1.63. The zero-order valence-corrected chi connectivity index (χ0v) is 19.7. The first-order valence-electron chi connectivity index (χ1n) is 10.3. The zero-order chi connectivity index (χ0) is 22.4. The second-order valence-corrected chi connectivity index (χ2v) is 10.2. The number of ether oxygens (including phenoxy) is 1. The first-order chi connectivity index (χ1) is 14.8. The number of aryl methyl sites for hydroxylation is 1. The van der Waals surface area contributed by atoms with Crippen LogP contribution < -0.4 is 10.1 Å². The maximum Gasteiger partial charge on any atom is 0.252 e. The average molecular weight is 485 g/mol. The van der Waals surface area contributed by atoms with Crippen LogP contribution in [0.2, 0.25) is 10.0 Å². The van der Waals surface area contributed by atoms with Gasteiger partial charge in [-0.15, -0.1) is 0 Å². The fraction of sp³-hybridized carbons (Fsp3) is 0.409. The van der Waals surface area contributed by atoms with Crippen molar-refractivity contribution >= 4 is 39.1 Å². The van der Waals surface area contributed by atoms with Gasteiger partial charge in [0.2, 0.25) is 10.0 Å². The van der Waals surface area contributed by atoms with Gasteiger partial charge in [0.25, 0.3) is 5.91 Å². The molecular formula is C22H26Cl2N2O4S. The van der Waals surface area contributed by atoms with Gasteiger partial charge in [-0.2, -0.15) is 4.31 Å². The molecule has 1 saturated heterocycles. The van der Waals surface area contributed by atoms with Crippen molar-refractivity contribution in [1.29, 1.82) is 0 Å². The van der Waals surface area contributed by atoms with Crippen LogP contribution in [0, 0.1) is 6.92 Å². The first kappa shape index (κ1) is 23.9. The number of nitrogens with one attached hydrogen (secondary N) is 1.